The summed E-state index contributed by atoms with van der Waals surface area (Å²) in [4.78, 5) is 14.1. The fourth-order valence-electron chi connectivity index (χ4n) is 2.00. The van der Waals surface area contributed by atoms with Crippen LogP contribution < -0.4 is 0 Å². The molecule has 16 heavy (non-hydrogen) atoms. The monoisotopic (exact) mass is 245 g/mol. The van der Waals surface area contributed by atoms with Crippen LogP contribution in [0.2, 0.25) is 0 Å². The lowest BCUT2D eigenvalue weighted by atomic mass is 10.2. The van der Waals surface area contributed by atoms with Gasteiger partial charge in [-0.2, -0.15) is 0 Å². The molecule has 0 saturated carbocycles. The average molecular weight is 245 g/mol. The van der Waals surface area contributed by atoms with Crippen molar-refractivity contribution in [3.05, 3.63) is 0 Å². The van der Waals surface area contributed by atoms with Gasteiger partial charge in [0, 0.05) is 18.3 Å². The first-order chi connectivity index (χ1) is 7.65. The lowest BCUT2D eigenvalue weighted by Crippen LogP contribution is -2.38. The number of likely N-dealkylation sites (tertiary alicyclic amines) is 1. The molecule has 1 aliphatic rings. The molecule has 94 valence electrons. The van der Waals surface area contributed by atoms with Crippen molar-refractivity contribution in [2.45, 2.75) is 50.0 Å². The number of carbonyl (C=O) groups excluding carboxylic acids is 1. The second-order valence-electron chi connectivity index (χ2n) is 4.51. The van der Waals surface area contributed by atoms with Crippen molar-refractivity contribution in [1.82, 2.24) is 4.90 Å². The first-order valence-electron chi connectivity index (χ1n) is 6.20. The van der Waals surface area contributed by atoms with Gasteiger partial charge in [0.05, 0.1) is 11.9 Å². The minimum atomic E-state index is -0.0275. The predicted octanol–water partition coefficient (Wildman–Crippen LogP) is 1.89. The van der Waals surface area contributed by atoms with Crippen molar-refractivity contribution in [3.63, 3.8) is 0 Å². The fourth-order valence-corrected chi connectivity index (χ4v) is 3.05. The fraction of sp³-hybridized carbons (Fsp3) is 0.917. The largest absolute Gasteiger partial charge is 0.395 e. The Hall–Kier alpha value is -0.220. The van der Waals surface area contributed by atoms with E-state index in [4.69, 9.17) is 5.11 Å². The molecule has 2 atom stereocenters. The quantitative estimate of drug-likeness (QED) is 0.822. The molecule has 4 heteroatoms. The third-order valence-corrected chi connectivity index (χ3v) is 4.18. The maximum Gasteiger partial charge on any atom is 0.235 e. The molecule has 0 aromatic rings. The molecule has 0 radical (unpaired) electrons. The van der Waals surface area contributed by atoms with Crippen molar-refractivity contribution in [3.8, 4) is 0 Å². The van der Waals surface area contributed by atoms with Gasteiger partial charge in [-0.25, -0.2) is 0 Å². The van der Waals surface area contributed by atoms with Gasteiger partial charge in [0.15, 0.2) is 0 Å². The van der Waals surface area contributed by atoms with E-state index in [2.05, 4.69) is 0 Å². The second-order valence-corrected chi connectivity index (χ2v) is 6.30. The molecule has 1 saturated heterocycles. The number of rotatable bonds is 4. The van der Waals surface area contributed by atoms with Crippen LogP contribution in [0.15, 0.2) is 0 Å². The van der Waals surface area contributed by atoms with E-state index in [-0.39, 0.29) is 23.0 Å². The first kappa shape index (κ1) is 13.8. The van der Waals surface area contributed by atoms with Crippen LogP contribution in [0.1, 0.15) is 39.5 Å². The van der Waals surface area contributed by atoms with Crippen LogP contribution in [-0.2, 0) is 4.79 Å². The van der Waals surface area contributed by atoms with Gasteiger partial charge in [-0.1, -0.05) is 19.8 Å². The third-order valence-electron chi connectivity index (χ3n) is 2.96. The summed E-state index contributed by atoms with van der Waals surface area (Å²) < 4.78 is 0. The van der Waals surface area contributed by atoms with Crippen molar-refractivity contribution < 1.29 is 9.90 Å². The molecule has 3 nitrogen and oxygen atoms in total. The van der Waals surface area contributed by atoms with Gasteiger partial charge in [0.25, 0.3) is 0 Å². The number of hydrogen-bond acceptors (Lipinski definition) is 3. The summed E-state index contributed by atoms with van der Waals surface area (Å²) in [5.41, 5.74) is 0. The van der Waals surface area contributed by atoms with Crippen molar-refractivity contribution in [2.75, 3.05) is 19.7 Å². The number of aliphatic hydroxyl groups excluding tert-OH is 1. The van der Waals surface area contributed by atoms with Gasteiger partial charge in [-0.05, 0) is 19.8 Å². The molecule has 0 aromatic heterocycles. The highest BCUT2D eigenvalue weighted by Crippen LogP contribution is 2.20. The third kappa shape index (κ3) is 4.34. The van der Waals surface area contributed by atoms with Crippen LogP contribution >= 0.6 is 11.8 Å². The summed E-state index contributed by atoms with van der Waals surface area (Å²) >= 11 is 1.57. The summed E-state index contributed by atoms with van der Waals surface area (Å²) in [6.07, 6.45) is 4.77. The number of nitrogens with zero attached hydrogens (tertiary/aromatic N) is 1. The second kappa shape index (κ2) is 7.17. The van der Waals surface area contributed by atoms with Crippen molar-refractivity contribution in [2.24, 2.45) is 0 Å². The zero-order valence-electron chi connectivity index (χ0n) is 10.3. The Bertz CT molecular complexity index is 215. The zero-order chi connectivity index (χ0) is 12.0. The molecular formula is C12H23NO2S. The predicted molar refractivity (Wildman–Crippen MR) is 68.6 cm³/mol. The Morgan fingerprint density at radius 1 is 1.25 bits per heavy atom. The normalized spacial score (nSPS) is 21.3. The van der Waals surface area contributed by atoms with Crippen LogP contribution in [-0.4, -0.2) is 46.1 Å². The highest BCUT2D eigenvalue weighted by atomic mass is 32.2. The highest BCUT2D eigenvalue weighted by molar-refractivity contribution is 8.01. The minimum Gasteiger partial charge on any atom is -0.395 e. The number of aliphatic hydroxyl groups is 1. The van der Waals surface area contributed by atoms with Crippen LogP contribution in [0.4, 0.5) is 0 Å². The van der Waals surface area contributed by atoms with Gasteiger partial charge < -0.3 is 10.0 Å². The Morgan fingerprint density at radius 2 is 1.81 bits per heavy atom. The summed E-state index contributed by atoms with van der Waals surface area (Å²) in [5.74, 6) is 0.243. The molecular weight excluding hydrogens is 222 g/mol. The van der Waals surface area contributed by atoms with Gasteiger partial charge in [-0.3, -0.25) is 4.79 Å². The Kier molecular flexibility index (Phi) is 6.21. The van der Waals surface area contributed by atoms with Gasteiger partial charge >= 0.3 is 0 Å². The maximum absolute atomic E-state index is 12.1. The van der Waals surface area contributed by atoms with Crippen LogP contribution in [0.5, 0.6) is 0 Å². The van der Waals surface area contributed by atoms with Crippen molar-refractivity contribution >= 4 is 17.7 Å². The Balaban J connectivity index is 2.41. The van der Waals surface area contributed by atoms with Gasteiger partial charge in [-0.15, -0.1) is 11.8 Å². The summed E-state index contributed by atoms with van der Waals surface area (Å²) in [6.45, 7) is 5.87. The summed E-state index contributed by atoms with van der Waals surface area (Å²) in [6, 6.07) is 0. The van der Waals surface area contributed by atoms with E-state index < -0.39 is 0 Å². The van der Waals surface area contributed by atoms with E-state index >= 15 is 0 Å². The number of amides is 1. The molecule has 0 bridgehead atoms. The molecule has 0 aliphatic carbocycles. The minimum absolute atomic E-state index is 0.0275. The van der Waals surface area contributed by atoms with E-state index in [9.17, 15) is 4.79 Å². The topological polar surface area (TPSA) is 40.5 Å². The molecule has 0 aromatic carbocycles. The lowest BCUT2D eigenvalue weighted by molar-refractivity contribution is -0.130. The van der Waals surface area contributed by atoms with Crippen LogP contribution in [0.3, 0.4) is 0 Å². The summed E-state index contributed by atoms with van der Waals surface area (Å²) in [7, 11) is 0. The first-order valence-corrected chi connectivity index (χ1v) is 7.14. The average Bonchev–Trinajstić information content (AvgIpc) is 2.56. The standard InChI is InChI=1S/C12H23NO2S/c1-10(9-14)16-11(2)12(15)13-7-5-3-4-6-8-13/h10-11,14H,3-9H2,1-2H3. The van der Waals surface area contributed by atoms with Gasteiger partial charge in [0.1, 0.15) is 0 Å². The number of carbonyl (C=O) groups is 1. The zero-order valence-corrected chi connectivity index (χ0v) is 11.1. The molecule has 1 fully saturated rings. The maximum atomic E-state index is 12.1. The molecule has 1 aliphatic heterocycles. The SMILES string of the molecule is CC(CO)SC(C)C(=O)N1CCCCCC1. The van der Waals surface area contributed by atoms with Crippen molar-refractivity contribution in [1.29, 1.82) is 0 Å². The molecule has 2 unspecified atom stereocenters. The van der Waals surface area contributed by atoms with Crippen LogP contribution in [0.25, 0.3) is 0 Å². The van der Waals surface area contributed by atoms with E-state index in [1.807, 2.05) is 18.7 Å². The van der Waals surface area contributed by atoms with Crippen LogP contribution in [0, 0.1) is 0 Å². The summed E-state index contributed by atoms with van der Waals surface area (Å²) in [5, 5.41) is 9.09. The van der Waals surface area contributed by atoms with Gasteiger partial charge in [0.2, 0.25) is 5.91 Å². The van der Waals surface area contributed by atoms with E-state index in [0.717, 1.165) is 25.9 Å². The smallest absolute Gasteiger partial charge is 0.235 e. The number of hydrogen-bond donors (Lipinski definition) is 1. The van der Waals surface area contributed by atoms with E-state index in [1.54, 1.807) is 11.8 Å². The molecule has 1 N–H and O–H groups in total. The molecule has 1 heterocycles. The lowest BCUT2D eigenvalue weighted by Gasteiger charge is -2.25. The molecule has 1 amide bonds. The van der Waals surface area contributed by atoms with E-state index in [1.165, 1.54) is 12.8 Å². The van der Waals surface area contributed by atoms with E-state index in [0.29, 0.717) is 0 Å². The molecule has 0 spiro atoms. The number of thioether (sulfide) groups is 1. The Labute approximate surface area is 103 Å². The Morgan fingerprint density at radius 3 is 2.31 bits per heavy atom. The highest BCUT2D eigenvalue weighted by Gasteiger charge is 2.22. The molecule has 1 rings (SSSR count).